The molecular weight excluding hydrogens is 617 g/mol. The lowest BCUT2D eigenvalue weighted by atomic mass is 10.1. The van der Waals surface area contributed by atoms with Gasteiger partial charge in [0.05, 0.1) is 50.8 Å². The summed E-state index contributed by atoms with van der Waals surface area (Å²) >= 11 is 8.32. The van der Waals surface area contributed by atoms with Crippen LogP contribution in [0.2, 0.25) is 5.02 Å². The van der Waals surface area contributed by atoms with Crippen LogP contribution in [0.3, 0.4) is 0 Å². The van der Waals surface area contributed by atoms with Crippen LogP contribution in [0.1, 0.15) is 38.3 Å². The zero-order chi connectivity index (χ0) is 31.6. The minimum absolute atomic E-state index is 0.0219. The predicted molar refractivity (Wildman–Crippen MR) is 173 cm³/mol. The summed E-state index contributed by atoms with van der Waals surface area (Å²) in [4.78, 5) is 58.5. The number of thioether (sulfide) groups is 1. The van der Waals surface area contributed by atoms with E-state index < -0.39 is 11.5 Å². The molecule has 7 rings (SSSR count). The van der Waals surface area contributed by atoms with E-state index >= 15 is 4.39 Å². The molecular formula is C32H29ClFN7O3S. The predicted octanol–water partition coefficient (Wildman–Crippen LogP) is 5.17. The van der Waals surface area contributed by atoms with Gasteiger partial charge in [0.15, 0.2) is 5.65 Å². The number of nitrogens with zero attached hydrogens (tertiary/aromatic N) is 6. The van der Waals surface area contributed by atoms with Crippen LogP contribution in [0.25, 0.3) is 28.0 Å². The third-order valence-corrected chi connectivity index (χ3v) is 9.77. The lowest BCUT2D eigenvalue weighted by Crippen LogP contribution is -2.49. The topological polar surface area (TPSA) is 113 Å². The van der Waals surface area contributed by atoms with Crippen LogP contribution in [0.4, 0.5) is 15.9 Å². The fourth-order valence-corrected chi connectivity index (χ4v) is 7.53. The van der Waals surface area contributed by atoms with E-state index in [1.165, 1.54) is 34.5 Å². The summed E-state index contributed by atoms with van der Waals surface area (Å²) in [6.45, 7) is 8.47. The molecule has 3 aliphatic rings. The molecule has 2 fully saturated rings. The van der Waals surface area contributed by atoms with Crippen molar-refractivity contribution >= 4 is 57.7 Å². The van der Waals surface area contributed by atoms with Gasteiger partial charge in [-0.1, -0.05) is 38.1 Å². The Morgan fingerprint density at radius 3 is 2.80 bits per heavy atom. The Kier molecular flexibility index (Phi) is 7.36. The maximum atomic E-state index is 15.6. The second kappa shape index (κ2) is 11.3. The summed E-state index contributed by atoms with van der Waals surface area (Å²) < 4.78 is 17.0. The number of hydrogen-bond acceptors (Lipinski definition) is 8. The van der Waals surface area contributed by atoms with Gasteiger partial charge in [0, 0.05) is 36.4 Å². The molecule has 1 aliphatic carbocycles. The van der Waals surface area contributed by atoms with Gasteiger partial charge in [-0.3, -0.25) is 14.6 Å². The van der Waals surface area contributed by atoms with Crippen molar-refractivity contribution in [2.24, 2.45) is 0 Å². The summed E-state index contributed by atoms with van der Waals surface area (Å²) in [5, 5.41) is 3.46. The standard InChI is InChI=1S/C32H29ClFN7O3S/c1-4-25(43)39-11-12-40(22-15-21(22)39)30-17-14-18(33)28-26-19(34)6-5-7-20(26)36-24(42)9-13-45-23-8-10-35-27(16(2)3)29(23)41(31(17)37-28)32(44)38-30/h4-8,10,14,16,21-22H,1,9,11-13,15H2,2-3H3,(H,36,42)/t21-,22+/m0/s1. The van der Waals surface area contributed by atoms with Gasteiger partial charge in [-0.15, -0.1) is 11.8 Å². The van der Waals surface area contributed by atoms with E-state index in [1.807, 2.05) is 24.8 Å². The second-order valence-corrected chi connectivity index (χ2v) is 13.1. The molecule has 1 aromatic carbocycles. The van der Waals surface area contributed by atoms with Gasteiger partial charge in [-0.25, -0.2) is 18.7 Å². The Hall–Kier alpha value is -4.29. The van der Waals surface area contributed by atoms with Crippen molar-refractivity contribution in [3.8, 4) is 16.9 Å². The van der Waals surface area contributed by atoms with Gasteiger partial charge in [0.2, 0.25) is 11.8 Å². The fourth-order valence-electron chi connectivity index (χ4n) is 6.29. The van der Waals surface area contributed by atoms with Gasteiger partial charge in [-0.05, 0) is 42.7 Å². The van der Waals surface area contributed by atoms with Crippen LogP contribution in [0.5, 0.6) is 0 Å². The first-order chi connectivity index (χ1) is 21.7. The molecule has 5 heterocycles. The third-order valence-electron chi connectivity index (χ3n) is 8.43. The number of fused-ring (bicyclic) bond motifs is 6. The highest BCUT2D eigenvalue weighted by Gasteiger charge is 2.51. The number of amides is 2. The maximum absolute atomic E-state index is 15.6. The SMILES string of the molecule is C=CC(=O)N1CCN(c2nc(=O)n3c4nc(c(Cl)cc24)-c2c(F)cccc2NC(=O)CCSc2ccnc(C(C)C)c2-3)[C@@H]2C[C@@H]21. The Morgan fingerprint density at radius 1 is 1.20 bits per heavy atom. The number of pyridine rings is 2. The molecule has 45 heavy (non-hydrogen) atoms. The molecule has 0 radical (unpaired) electrons. The number of benzene rings is 1. The number of hydrogen-bond donors (Lipinski definition) is 1. The summed E-state index contributed by atoms with van der Waals surface area (Å²) in [5.74, 6) is -0.316. The number of piperazine rings is 1. The highest BCUT2D eigenvalue weighted by molar-refractivity contribution is 7.99. The van der Waals surface area contributed by atoms with Crippen LogP contribution in [-0.2, 0) is 9.59 Å². The van der Waals surface area contributed by atoms with Gasteiger partial charge < -0.3 is 15.1 Å². The normalized spacial score (nSPS) is 19.2. The van der Waals surface area contributed by atoms with E-state index in [1.54, 1.807) is 23.2 Å². The van der Waals surface area contributed by atoms with Gasteiger partial charge in [0.1, 0.15) is 11.6 Å². The molecule has 0 spiro atoms. The quantitative estimate of drug-likeness (QED) is 0.304. The lowest BCUT2D eigenvalue weighted by Gasteiger charge is -2.35. The van der Waals surface area contributed by atoms with Crippen LogP contribution >= 0.6 is 23.4 Å². The van der Waals surface area contributed by atoms with E-state index in [9.17, 15) is 14.4 Å². The average Bonchev–Trinajstić information content (AvgIpc) is 3.81. The van der Waals surface area contributed by atoms with E-state index in [2.05, 4.69) is 21.9 Å². The zero-order valence-corrected chi connectivity index (χ0v) is 26.2. The summed E-state index contributed by atoms with van der Waals surface area (Å²) in [7, 11) is 0. The fraction of sp³-hybridized carbons (Fsp3) is 0.312. The van der Waals surface area contributed by atoms with Crippen molar-refractivity contribution in [1.29, 1.82) is 0 Å². The molecule has 230 valence electrons. The molecule has 2 aliphatic heterocycles. The number of nitrogens with one attached hydrogen (secondary N) is 1. The third kappa shape index (κ3) is 4.96. The maximum Gasteiger partial charge on any atom is 0.355 e. The van der Waals surface area contributed by atoms with E-state index in [0.29, 0.717) is 41.4 Å². The second-order valence-electron chi connectivity index (χ2n) is 11.5. The number of aromatic nitrogens is 4. The highest BCUT2D eigenvalue weighted by Crippen LogP contribution is 2.43. The van der Waals surface area contributed by atoms with Crippen molar-refractivity contribution in [2.45, 2.75) is 49.6 Å². The van der Waals surface area contributed by atoms with Gasteiger partial charge in [-0.2, -0.15) is 4.98 Å². The molecule has 13 heteroatoms. The smallest absolute Gasteiger partial charge is 0.349 e. The molecule has 2 amide bonds. The molecule has 1 saturated heterocycles. The molecule has 3 aromatic heterocycles. The number of carbonyl (C=O) groups excluding carboxylic acids is 2. The molecule has 1 saturated carbocycles. The van der Waals surface area contributed by atoms with Crippen LogP contribution in [-0.4, -0.2) is 67.2 Å². The minimum Gasteiger partial charge on any atom is -0.349 e. The van der Waals surface area contributed by atoms with E-state index in [0.717, 1.165) is 11.3 Å². The molecule has 1 N–H and O–H groups in total. The van der Waals surface area contributed by atoms with Gasteiger partial charge in [0.25, 0.3) is 0 Å². The first-order valence-corrected chi connectivity index (χ1v) is 16.1. The Morgan fingerprint density at radius 2 is 2.02 bits per heavy atom. The Bertz CT molecular complexity index is 1980. The summed E-state index contributed by atoms with van der Waals surface area (Å²) in [6.07, 6.45) is 3.87. The zero-order valence-electron chi connectivity index (χ0n) is 24.6. The van der Waals surface area contributed by atoms with Crippen molar-refractivity contribution < 1.29 is 14.0 Å². The number of halogens is 2. The van der Waals surface area contributed by atoms with E-state index in [4.69, 9.17) is 16.6 Å². The van der Waals surface area contributed by atoms with Gasteiger partial charge >= 0.3 is 5.69 Å². The highest BCUT2D eigenvalue weighted by atomic mass is 35.5. The number of carbonyl (C=O) groups is 2. The van der Waals surface area contributed by atoms with Crippen LogP contribution < -0.4 is 15.9 Å². The number of rotatable bonds is 3. The van der Waals surface area contributed by atoms with Crippen LogP contribution in [0, 0.1) is 5.82 Å². The largest absolute Gasteiger partial charge is 0.355 e. The average molecular weight is 646 g/mol. The minimum atomic E-state index is -0.622. The molecule has 0 unspecified atom stereocenters. The Labute approximate surface area is 267 Å². The molecule has 10 nitrogen and oxygen atoms in total. The van der Waals surface area contributed by atoms with Crippen molar-refractivity contribution in [3.05, 3.63) is 76.2 Å². The van der Waals surface area contributed by atoms with Crippen LogP contribution in [0.15, 0.2) is 58.9 Å². The first-order valence-electron chi connectivity index (χ1n) is 14.7. The van der Waals surface area contributed by atoms with E-state index in [-0.39, 0.29) is 63.9 Å². The monoisotopic (exact) mass is 645 g/mol. The number of anilines is 2. The van der Waals surface area contributed by atoms with Crippen molar-refractivity contribution in [1.82, 2.24) is 24.4 Å². The summed E-state index contributed by atoms with van der Waals surface area (Å²) in [6, 6.07) is 7.80. The lowest BCUT2D eigenvalue weighted by molar-refractivity contribution is -0.127. The van der Waals surface area contributed by atoms with Crippen molar-refractivity contribution in [3.63, 3.8) is 0 Å². The molecule has 2 atom stereocenters. The van der Waals surface area contributed by atoms with Crippen molar-refractivity contribution in [2.75, 3.05) is 29.1 Å². The first kappa shape index (κ1) is 29.4. The molecule has 2 bridgehead atoms. The summed E-state index contributed by atoms with van der Waals surface area (Å²) in [5.41, 5.74) is 1.17. The molecule has 4 aromatic rings. The Balaban J connectivity index is 1.54.